The van der Waals surface area contributed by atoms with Crippen molar-refractivity contribution in [3.05, 3.63) is 23.2 Å². The molecular formula is C14H20ClN3O. The van der Waals surface area contributed by atoms with Crippen LogP contribution in [-0.2, 0) is 4.79 Å². The van der Waals surface area contributed by atoms with E-state index in [4.69, 9.17) is 17.3 Å². The molecule has 1 amide bonds. The third kappa shape index (κ3) is 4.11. The molecule has 2 rings (SSSR count). The van der Waals surface area contributed by atoms with Gasteiger partial charge in [0.1, 0.15) is 0 Å². The molecule has 0 saturated heterocycles. The average molecular weight is 282 g/mol. The van der Waals surface area contributed by atoms with Gasteiger partial charge < -0.3 is 16.4 Å². The summed E-state index contributed by atoms with van der Waals surface area (Å²) in [5, 5.41) is 6.71. The second-order valence-electron chi connectivity index (χ2n) is 5.13. The van der Waals surface area contributed by atoms with Crippen molar-refractivity contribution >= 4 is 28.9 Å². The van der Waals surface area contributed by atoms with Gasteiger partial charge >= 0.3 is 0 Å². The number of amides is 1. The molecule has 1 aliphatic carbocycles. The molecule has 0 radical (unpaired) electrons. The standard InChI is InChI=1S/C14H20ClN3O/c1-9(19)17-14-7-6-12(8-13(14)15)18-11-4-2-10(16)3-5-11/h6-8,10-11,18H,2-5,16H2,1H3,(H,17,19). The number of nitrogens with one attached hydrogen (secondary N) is 2. The minimum atomic E-state index is -0.121. The molecule has 104 valence electrons. The Kier molecular flexibility index (Phi) is 4.66. The minimum absolute atomic E-state index is 0.121. The fourth-order valence-corrected chi connectivity index (χ4v) is 2.62. The van der Waals surface area contributed by atoms with Crippen molar-refractivity contribution in [1.82, 2.24) is 0 Å². The van der Waals surface area contributed by atoms with Gasteiger partial charge in [0.25, 0.3) is 0 Å². The number of rotatable bonds is 3. The first-order valence-corrected chi connectivity index (χ1v) is 7.01. The maximum Gasteiger partial charge on any atom is 0.221 e. The van der Waals surface area contributed by atoms with E-state index in [0.717, 1.165) is 31.4 Å². The Hall–Kier alpha value is -1.26. The summed E-state index contributed by atoms with van der Waals surface area (Å²) in [6, 6.07) is 6.42. The molecule has 0 bridgehead atoms. The van der Waals surface area contributed by atoms with Crippen LogP contribution in [0.15, 0.2) is 18.2 Å². The fourth-order valence-electron chi connectivity index (χ4n) is 2.40. The summed E-state index contributed by atoms with van der Waals surface area (Å²) in [6.07, 6.45) is 4.31. The van der Waals surface area contributed by atoms with Gasteiger partial charge in [-0.2, -0.15) is 0 Å². The summed E-state index contributed by atoms with van der Waals surface area (Å²) in [5.41, 5.74) is 7.52. The van der Waals surface area contributed by atoms with Gasteiger partial charge in [0, 0.05) is 24.7 Å². The van der Waals surface area contributed by atoms with Crippen molar-refractivity contribution in [3.8, 4) is 0 Å². The van der Waals surface area contributed by atoms with E-state index in [9.17, 15) is 4.79 Å². The van der Waals surface area contributed by atoms with E-state index in [1.807, 2.05) is 18.2 Å². The largest absolute Gasteiger partial charge is 0.382 e. The molecule has 0 unspecified atom stereocenters. The second-order valence-corrected chi connectivity index (χ2v) is 5.54. The second kappa shape index (κ2) is 6.26. The van der Waals surface area contributed by atoms with Crippen molar-refractivity contribution < 1.29 is 4.79 Å². The number of anilines is 2. The predicted molar refractivity (Wildman–Crippen MR) is 79.6 cm³/mol. The van der Waals surface area contributed by atoms with E-state index < -0.39 is 0 Å². The Morgan fingerprint density at radius 2 is 2.00 bits per heavy atom. The van der Waals surface area contributed by atoms with Crippen molar-refractivity contribution in [2.75, 3.05) is 10.6 Å². The highest BCUT2D eigenvalue weighted by atomic mass is 35.5. The van der Waals surface area contributed by atoms with Gasteiger partial charge in [-0.25, -0.2) is 0 Å². The first-order valence-electron chi connectivity index (χ1n) is 6.64. The number of nitrogens with two attached hydrogens (primary N) is 1. The molecule has 0 spiro atoms. The van der Waals surface area contributed by atoms with E-state index in [1.54, 1.807) is 0 Å². The molecule has 4 nitrogen and oxygen atoms in total. The van der Waals surface area contributed by atoms with E-state index >= 15 is 0 Å². The van der Waals surface area contributed by atoms with Gasteiger partial charge in [0.2, 0.25) is 5.91 Å². The van der Waals surface area contributed by atoms with Crippen LogP contribution in [0.5, 0.6) is 0 Å². The highest BCUT2D eigenvalue weighted by Crippen LogP contribution is 2.27. The van der Waals surface area contributed by atoms with Gasteiger partial charge in [0.15, 0.2) is 0 Å². The molecule has 1 aromatic carbocycles. The van der Waals surface area contributed by atoms with Crippen molar-refractivity contribution in [3.63, 3.8) is 0 Å². The Morgan fingerprint density at radius 1 is 1.32 bits per heavy atom. The molecule has 1 fully saturated rings. The van der Waals surface area contributed by atoms with Gasteiger partial charge in [-0.05, 0) is 43.9 Å². The lowest BCUT2D eigenvalue weighted by molar-refractivity contribution is -0.114. The zero-order valence-corrected chi connectivity index (χ0v) is 11.8. The van der Waals surface area contributed by atoms with Crippen molar-refractivity contribution in [2.24, 2.45) is 5.73 Å². The zero-order valence-electron chi connectivity index (χ0n) is 11.1. The van der Waals surface area contributed by atoms with Crippen LogP contribution in [0.2, 0.25) is 5.02 Å². The van der Waals surface area contributed by atoms with Gasteiger partial charge in [-0.1, -0.05) is 11.6 Å². The van der Waals surface area contributed by atoms with E-state index in [1.165, 1.54) is 6.92 Å². The summed E-state index contributed by atoms with van der Waals surface area (Å²) in [6.45, 7) is 1.47. The third-order valence-electron chi connectivity index (χ3n) is 3.42. The topological polar surface area (TPSA) is 67.2 Å². The smallest absolute Gasteiger partial charge is 0.221 e. The summed E-state index contributed by atoms with van der Waals surface area (Å²) in [5.74, 6) is -0.121. The van der Waals surface area contributed by atoms with Crippen LogP contribution in [0.4, 0.5) is 11.4 Å². The monoisotopic (exact) mass is 281 g/mol. The normalized spacial score (nSPS) is 22.9. The zero-order chi connectivity index (χ0) is 13.8. The Bertz CT molecular complexity index is 456. The summed E-state index contributed by atoms with van der Waals surface area (Å²) < 4.78 is 0. The lowest BCUT2D eigenvalue weighted by Crippen LogP contribution is -2.32. The molecule has 5 heteroatoms. The average Bonchev–Trinajstić information content (AvgIpc) is 2.35. The highest BCUT2D eigenvalue weighted by Gasteiger charge is 2.18. The van der Waals surface area contributed by atoms with Gasteiger partial charge in [-0.3, -0.25) is 4.79 Å². The minimum Gasteiger partial charge on any atom is -0.382 e. The van der Waals surface area contributed by atoms with E-state index in [-0.39, 0.29) is 5.91 Å². The molecule has 19 heavy (non-hydrogen) atoms. The van der Waals surface area contributed by atoms with Crippen LogP contribution in [0.1, 0.15) is 32.6 Å². The SMILES string of the molecule is CC(=O)Nc1ccc(NC2CCC(N)CC2)cc1Cl. The number of benzene rings is 1. The number of hydrogen-bond donors (Lipinski definition) is 3. The molecule has 4 N–H and O–H groups in total. The summed E-state index contributed by atoms with van der Waals surface area (Å²) in [4.78, 5) is 11.0. The van der Waals surface area contributed by atoms with Crippen LogP contribution >= 0.6 is 11.6 Å². The molecule has 0 aromatic heterocycles. The first kappa shape index (κ1) is 14.2. The number of carbonyl (C=O) groups excluding carboxylic acids is 1. The maximum atomic E-state index is 11.0. The maximum absolute atomic E-state index is 11.0. The van der Waals surface area contributed by atoms with Crippen LogP contribution < -0.4 is 16.4 Å². The van der Waals surface area contributed by atoms with Crippen LogP contribution in [0, 0.1) is 0 Å². The first-order chi connectivity index (χ1) is 9.04. The lowest BCUT2D eigenvalue weighted by Gasteiger charge is -2.27. The Labute approximate surface area is 118 Å². The molecular weight excluding hydrogens is 262 g/mol. The van der Waals surface area contributed by atoms with Gasteiger partial charge in [0.05, 0.1) is 10.7 Å². The third-order valence-corrected chi connectivity index (χ3v) is 3.74. The summed E-state index contributed by atoms with van der Waals surface area (Å²) in [7, 11) is 0. The number of halogens is 1. The van der Waals surface area contributed by atoms with E-state index in [0.29, 0.717) is 22.8 Å². The molecule has 1 aromatic rings. The van der Waals surface area contributed by atoms with Gasteiger partial charge in [-0.15, -0.1) is 0 Å². The van der Waals surface area contributed by atoms with Crippen LogP contribution in [0.3, 0.4) is 0 Å². The van der Waals surface area contributed by atoms with Crippen molar-refractivity contribution in [2.45, 2.75) is 44.7 Å². The quantitative estimate of drug-likeness (QED) is 0.798. The van der Waals surface area contributed by atoms with Crippen molar-refractivity contribution in [1.29, 1.82) is 0 Å². The summed E-state index contributed by atoms with van der Waals surface area (Å²) >= 11 is 6.14. The molecule has 1 aliphatic rings. The Morgan fingerprint density at radius 3 is 2.58 bits per heavy atom. The Balaban J connectivity index is 1.98. The molecule has 0 aliphatic heterocycles. The lowest BCUT2D eigenvalue weighted by atomic mass is 9.91. The number of carbonyl (C=O) groups is 1. The molecule has 0 heterocycles. The van der Waals surface area contributed by atoms with Crippen LogP contribution in [0.25, 0.3) is 0 Å². The highest BCUT2D eigenvalue weighted by molar-refractivity contribution is 6.34. The molecule has 0 atom stereocenters. The fraction of sp³-hybridized carbons (Fsp3) is 0.500. The number of hydrogen-bond acceptors (Lipinski definition) is 3. The predicted octanol–water partition coefficient (Wildman–Crippen LogP) is 2.98. The van der Waals surface area contributed by atoms with E-state index in [2.05, 4.69) is 10.6 Å². The molecule has 1 saturated carbocycles. The van der Waals surface area contributed by atoms with Crippen LogP contribution in [-0.4, -0.2) is 18.0 Å².